The summed E-state index contributed by atoms with van der Waals surface area (Å²) in [5.41, 5.74) is 0. The van der Waals surface area contributed by atoms with Crippen LogP contribution in [0.1, 0.15) is 29.4 Å². The summed E-state index contributed by atoms with van der Waals surface area (Å²) in [4.78, 5) is 28.1. The third-order valence-corrected chi connectivity index (χ3v) is 2.85. The number of likely N-dealkylation sites (tertiary alicyclic amines) is 1. The molecule has 92 valence electrons. The molecule has 0 unspecified atom stereocenters. The molecule has 1 aliphatic rings. The number of aromatic nitrogens is 2. The van der Waals surface area contributed by atoms with E-state index in [1.807, 2.05) is 0 Å². The highest BCUT2D eigenvalue weighted by Gasteiger charge is 2.29. The second-order valence-corrected chi connectivity index (χ2v) is 4.04. The highest BCUT2D eigenvalue weighted by Crippen LogP contribution is 2.18. The number of carbonyl (C=O) groups is 2. The van der Waals surface area contributed by atoms with E-state index in [-0.39, 0.29) is 17.6 Å². The van der Waals surface area contributed by atoms with E-state index in [4.69, 9.17) is 9.63 Å². The van der Waals surface area contributed by atoms with Gasteiger partial charge in [-0.15, -0.1) is 0 Å². The van der Waals surface area contributed by atoms with Crippen molar-refractivity contribution in [1.29, 1.82) is 0 Å². The number of carbonyl (C=O) groups excluding carboxylic acids is 1. The Morgan fingerprint density at radius 1 is 1.41 bits per heavy atom. The van der Waals surface area contributed by atoms with Gasteiger partial charge in [0.1, 0.15) is 0 Å². The van der Waals surface area contributed by atoms with Gasteiger partial charge in [0.25, 0.3) is 11.7 Å². The first-order valence-electron chi connectivity index (χ1n) is 5.40. The van der Waals surface area contributed by atoms with Crippen LogP contribution in [-0.2, 0) is 4.79 Å². The maximum atomic E-state index is 11.9. The fourth-order valence-electron chi connectivity index (χ4n) is 1.86. The lowest BCUT2D eigenvalue weighted by Gasteiger charge is -2.29. The van der Waals surface area contributed by atoms with Crippen LogP contribution in [0.3, 0.4) is 0 Å². The number of nitrogens with zero attached hydrogens (tertiary/aromatic N) is 3. The fraction of sp³-hybridized carbons (Fsp3) is 0.600. The lowest BCUT2D eigenvalue weighted by molar-refractivity contribution is -0.143. The van der Waals surface area contributed by atoms with Crippen LogP contribution in [0.5, 0.6) is 0 Å². The normalized spacial score (nSPS) is 17.1. The van der Waals surface area contributed by atoms with Crippen LogP contribution in [-0.4, -0.2) is 45.1 Å². The fourth-order valence-corrected chi connectivity index (χ4v) is 1.86. The van der Waals surface area contributed by atoms with E-state index >= 15 is 0 Å². The topological polar surface area (TPSA) is 96.5 Å². The molecule has 1 N–H and O–H groups in total. The molecule has 7 heteroatoms. The molecule has 1 fully saturated rings. The van der Waals surface area contributed by atoms with E-state index in [0.29, 0.717) is 31.8 Å². The van der Waals surface area contributed by atoms with Gasteiger partial charge in [0, 0.05) is 20.0 Å². The molecule has 0 atom stereocenters. The van der Waals surface area contributed by atoms with Crippen LogP contribution in [0, 0.1) is 12.8 Å². The summed E-state index contributed by atoms with van der Waals surface area (Å²) in [5.74, 6) is -1.07. The second kappa shape index (κ2) is 4.52. The van der Waals surface area contributed by atoms with Crippen molar-refractivity contribution in [2.45, 2.75) is 19.8 Å². The average Bonchev–Trinajstić information content (AvgIpc) is 2.75. The van der Waals surface area contributed by atoms with E-state index in [1.54, 1.807) is 11.8 Å². The molecule has 7 nitrogen and oxygen atoms in total. The van der Waals surface area contributed by atoms with Crippen LogP contribution in [0.25, 0.3) is 0 Å². The average molecular weight is 239 g/mol. The summed E-state index contributed by atoms with van der Waals surface area (Å²) >= 11 is 0. The van der Waals surface area contributed by atoms with Crippen molar-refractivity contribution in [3.8, 4) is 0 Å². The Balaban J connectivity index is 1.97. The van der Waals surface area contributed by atoms with Crippen molar-refractivity contribution < 1.29 is 19.2 Å². The van der Waals surface area contributed by atoms with Crippen molar-refractivity contribution in [1.82, 2.24) is 15.0 Å². The minimum Gasteiger partial charge on any atom is -0.481 e. The Bertz CT molecular complexity index is 435. The first kappa shape index (κ1) is 11.6. The number of hydrogen-bond acceptors (Lipinski definition) is 5. The van der Waals surface area contributed by atoms with E-state index in [1.165, 1.54) is 0 Å². The van der Waals surface area contributed by atoms with Crippen LogP contribution in [0.4, 0.5) is 0 Å². The molecule has 2 heterocycles. The maximum absolute atomic E-state index is 11.9. The molecule has 1 aromatic rings. The van der Waals surface area contributed by atoms with Gasteiger partial charge in [0.15, 0.2) is 0 Å². The standard InChI is InChI=1S/C10H13N3O4/c1-6-11-8(12-17-6)9(14)13-4-2-7(3-5-13)10(15)16/h7H,2-5H2,1H3,(H,15,16). The van der Waals surface area contributed by atoms with E-state index in [2.05, 4.69) is 10.1 Å². The molecule has 17 heavy (non-hydrogen) atoms. The number of carboxylic acids is 1. The van der Waals surface area contributed by atoms with Gasteiger partial charge < -0.3 is 14.5 Å². The van der Waals surface area contributed by atoms with Crippen molar-refractivity contribution >= 4 is 11.9 Å². The number of carboxylic acid groups (broad SMARTS) is 1. The van der Waals surface area contributed by atoms with Crippen LogP contribution in [0.2, 0.25) is 0 Å². The summed E-state index contributed by atoms with van der Waals surface area (Å²) in [7, 11) is 0. The van der Waals surface area contributed by atoms with Crippen molar-refractivity contribution in [2.75, 3.05) is 13.1 Å². The van der Waals surface area contributed by atoms with Gasteiger partial charge in [-0.3, -0.25) is 9.59 Å². The van der Waals surface area contributed by atoms with Gasteiger partial charge in [-0.1, -0.05) is 5.16 Å². The first-order chi connectivity index (χ1) is 8.08. The number of amides is 1. The minimum atomic E-state index is -0.799. The summed E-state index contributed by atoms with van der Waals surface area (Å²) < 4.78 is 4.73. The summed E-state index contributed by atoms with van der Waals surface area (Å²) in [5, 5.41) is 12.4. The zero-order valence-electron chi connectivity index (χ0n) is 9.42. The molecule has 0 aliphatic carbocycles. The predicted molar refractivity (Wildman–Crippen MR) is 55.3 cm³/mol. The molecular formula is C10H13N3O4. The zero-order chi connectivity index (χ0) is 12.4. The minimum absolute atomic E-state index is 0.0382. The maximum Gasteiger partial charge on any atom is 0.306 e. The SMILES string of the molecule is Cc1nc(C(=O)N2CCC(C(=O)O)CC2)no1. The number of aliphatic carboxylic acids is 1. The van der Waals surface area contributed by atoms with E-state index in [9.17, 15) is 9.59 Å². The van der Waals surface area contributed by atoms with Gasteiger partial charge >= 0.3 is 5.97 Å². The molecule has 0 spiro atoms. The van der Waals surface area contributed by atoms with E-state index in [0.717, 1.165) is 0 Å². The Kier molecular flexibility index (Phi) is 3.08. The number of piperidine rings is 1. The third kappa shape index (κ3) is 2.43. The monoisotopic (exact) mass is 239 g/mol. The lowest BCUT2D eigenvalue weighted by atomic mass is 9.97. The van der Waals surface area contributed by atoms with Gasteiger partial charge in [0.05, 0.1) is 5.92 Å². The lowest BCUT2D eigenvalue weighted by Crippen LogP contribution is -2.40. The molecule has 0 bridgehead atoms. The molecule has 0 saturated carbocycles. The molecular weight excluding hydrogens is 226 g/mol. The van der Waals surface area contributed by atoms with Crippen molar-refractivity contribution in [3.63, 3.8) is 0 Å². The van der Waals surface area contributed by atoms with Crippen LogP contribution in [0.15, 0.2) is 4.52 Å². The summed E-state index contributed by atoms with van der Waals surface area (Å²) in [6, 6.07) is 0. The Morgan fingerprint density at radius 2 is 2.06 bits per heavy atom. The Hall–Kier alpha value is -1.92. The summed E-state index contributed by atoms with van der Waals surface area (Å²) in [6.07, 6.45) is 0.940. The highest BCUT2D eigenvalue weighted by atomic mass is 16.5. The van der Waals surface area contributed by atoms with Crippen molar-refractivity contribution in [3.05, 3.63) is 11.7 Å². The first-order valence-corrected chi connectivity index (χ1v) is 5.40. The predicted octanol–water partition coefficient (Wildman–Crippen LogP) is 0.315. The molecule has 1 amide bonds. The number of rotatable bonds is 2. The quantitative estimate of drug-likeness (QED) is 0.798. The van der Waals surface area contributed by atoms with Crippen molar-refractivity contribution in [2.24, 2.45) is 5.92 Å². The Labute approximate surface area is 97.4 Å². The van der Waals surface area contributed by atoms with Crippen LogP contribution >= 0.6 is 0 Å². The number of hydrogen-bond donors (Lipinski definition) is 1. The van der Waals surface area contributed by atoms with Gasteiger partial charge in [-0.25, -0.2) is 0 Å². The van der Waals surface area contributed by atoms with Crippen LogP contribution < -0.4 is 0 Å². The molecule has 0 aromatic carbocycles. The molecule has 1 aliphatic heterocycles. The largest absolute Gasteiger partial charge is 0.481 e. The summed E-state index contributed by atoms with van der Waals surface area (Å²) in [6.45, 7) is 2.45. The van der Waals surface area contributed by atoms with Gasteiger partial charge in [0.2, 0.25) is 5.89 Å². The molecule has 0 radical (unpaired) electrons. The zero-order valence-corrected chi connectivity index (χ0v) is 9.42. The smallest absolute Gasteiger partial charge is 0.306 e. The van der Waals surface area contributed by atoms with Gasteiger partial charge in [-0.05, 0) is 12.8 Å². The molecule has 2 rings (SSSR count). The third-order valence-electron chi connectivity index (χ3n) is 2.85. The molecule has 1 saturated heterocycles. The van der Waals surface area contributed by atoms with Gasteiger partial charge in [-0.2, -0.15) is 4.98 Å². The highest BCUT2D eigenvalue weighted by molar-refractivity contribution is 5.90. The Morgan fingerprint density at radius 3 is 2.53 bits per heavy atom. The van der Waals surface area contributed by atoms with E-state index < -0.39 is 5.97 Å². The second-order valence-electron chi connectivity index (χ2n) is 4.04. The number of aryl methyl sites for hydroxylation is 1. The molecule has 1 aromatic heterocycles.